The van der Waals surface area contributed by atoms with Crippen LogP contribution in [0.4, 0.5) is 8.78 Å². The van der Waals surface area contributed by atoms with E-state index in [2.05, 4.69) is 20.6 Å². The van der Waals surface area contributed by atoms with Gasteiger partial charge in [-0.3, -0.25) is 4.57 Å². The summed E-state index contributed by atoms with van der Waals surface area (Å²) in [6, 6.07) is 0. The molecule has 0 bridgehead atoms. The third kappa shape index (κ3) is 9.15. The minimum atomic E-state index is -2.61. The van der Waals surface area contributed by atoms with Crippen LogP contribution in [0.25, 0.3) is 0 Å². The molecular formula is C17H30F2IN5O2. The van der Waals surface area contributed by atoms with E-state index in [1.165, 1.54) is 12.4 Å². The summed E-state index contributed by atoms with van der Waals surface area (Å²) in [6.07, 6.45) is 5.60. The zero-order chi connectivity index (χ0) is 18.6. The molecule has 2 heterocycles. The number of rotatable bonds is 10. The molecule has 1 fully saturated rings. The number of ether oxygens (including phenoxy) is 2. The Morgan fingerprint density at radius 3 is 2.89 bits per heavy atom. The second-order valence-corrected chi connectivity index (χ2v) is 6.13. The molecule has 7 nitrogen and oxygen atoms in total. The molecule has 0 radical (unpaired) electrons. The minimum Gasteiger partial charge on any atom is -0.381 e. The summed E-state index contributed by atoms with van der Waals surface area (Å²) in [6.45, 7) is 3.96. The molecule has 10 heteroatoms. The summed E-state index contributed by atoms with van der Waals surface area (Å²) in [7, 11) is 0. The maximum atomic E-state index is 12.8. The summed E-state index contributed by atoms with van der Waals surface area (Å²) >= 11 is 0. The SMILES string of the molecule is CCNC(=NCc1nccn1C(F)F)NCCCOCC1CCOCC1.I. The van der Waals surface area contributed by atoms with Crippen molar-refractivity contribution in [2.75, 3.05) is 39.5 Å². The van der Waals surface area contributed by atoms with Crippen molar-refractivity contribution >= 4 is 29.9 Å². The first kappa shape index (κ1) is 24.0. The molecule has 1 aliphatic heterocycles. The van der Waals surface area contributed by atoms with Gasteiger partial charge in [0.15, 0.2) is 5.96 Å². The Balaban J connectivity index is 0.00000364. The first-order valence-electron chi connectivity index (χ1n) is 9.18. The van der Waals surface area contributed by atoms with E-state index < -0.39 is 6.55 Å². The molecule has 0 spiro atoms. The Kier molecular flexibility index (Phi) is 12.5. The Bertz CT molecular complexity index is 539. The van der Waals surface area contributed by atoms with E-state index in [9.17, 15) is 8.78 Å². The van der Waals surface area contributed by atoms with Gasteiger partial charge >= 0.3 is 6.55 Å². The van der Waals surface area contributed by atoms with Crippen molar-refractivity contribution in [2.24, 2.45) is 10.9 Å². The van der Waals surface area contributed by atoms with Crippen molar-refractivity contribution in [1.29, 1.82) is 0 Å². The van der Waals surface area contributed by atoms with Crippen LogP contribution in [-0.4, -0.2) is 55.0 Å². The lowest BCUT2D eigenvalue weighted by molar-refractivity contribution is 0.0203. The average Bonchev–Trinajstić information content (AvgIpc) is 3.12. The number of hydrogen-bond donors (Lipinski definition) is 2. The van der Waals surface area contributed by atoms with Gasteiger partial charge in [0.05, 0.1) is 0 Å². The summed E-state index contributed by atoms with van der Waals surface area (Å²) < 4.78 is 37.5. The van der Waals surface area contributed by atoms with Crippen molar-refractivity contribution in [3.63, 3.8) is 0 Å². The van der Waals surface area contributed by atoms with Gasteiger partial charge in [0.25, 0.3) is 0 Å². The number of nitrogens with zero attached hydrogens (tertiary/aromatic N) is 3. The number of hydrogen-bond acceptors (Lipinski definition) is 4. The van der Waals surface area contributed by atoms with E-state index in [1.807, 2.05) is 6.92 Å². The van der Waals surface area contributed by atoms with Gasteiger partial charge in [0, 0.05) is 51.9 Å². The molecule has 2 rings (SSSR count). The number of aromatic nitrogens is 2. The van der Waals surface area contributed by atoms with Gasteiger partial charge in [-0.2, -0.15) is 8.78 Å². The molecule has 1 aromatic heterocycles. The van der Waals surface area contributed by atoms with Gasteiger partial charge in [-0.25, -0.2) is 9.98 Å². The molecule has 1 aliphatic rings. The highest BCUT2D eigenvalue weighted by Crippen LogP contribution is 2.14. The highest BCUT2D eigenvalue weighted by atomic mass is 127. The van der Waals surface area contributed by atoms with Gasteiger partial charge < -0.3 is 20.1 Å². The van der Waals surface area contributed by atoms with Gasteiger partial charge in [0.1, 0.15) is 12.4 Å². The van der Waals surface area contributed by atoms with E-state index in [-0.39, 0.29) is 36.3 Å². The van der Waals surface area contributed by atoms with E-state index in [4.69, 9.17) is 9.47 Å². The first-order valence-corrected chi connectivity index (χ1v) is 9.18. The highest BCUT2D eigenvalue weighted by molar-refractivity contribution is 14.0. The second kappa shape index (κ2) is 14.1. The van der Waals surface area contributed by atoms with E-state index in [1.54, 1.807) is 0 Å². The number of imidazole rings is 1. The first-order chi connectivity index (χ1) is 12.7. The third-order valence-corrected chi connectivity index (χ3v) is 4.13. The van der Waals surface area contributed by atoms with Crippen molar-refractivity contribution in [3.8, 4) is 0 Å². The second-order valence-electron chi connectivity index (χ2n) is 6.13. The summed E-state index contributed by atoms with van der Waals surface area (Å²) in [5.41, 5.74) is 0. The van der Waals surface area contributed by atoms with Gasteiger partial charge in [-0.1, -0.05) is 0 Å². The highest BCUT2D eigenvalue weighted by Gasteiger charge is 2.13. The van der Waals surface area contributed by atoms with Crippen LogP contribution in [0.15, 0.2) is 17.4 Å². The zero-order valence-corrected chi connectivity index (χ0v) is 18.0. The number of halogens is 3. The van der Waals surface area contributed by atoms with Gasteiger partial charge in [-0.05, 0) is 32.1 Å². The molecule has 0 unspecified atom stereocenters. The molecule has 0 aliphatic carbocycles. The Morgan fingerprint density at radius 1 is 1.41 bits per heavy atom. The summed E-state index contributed by atoms with van der Waals surface area (Å²) in [4.78, 5) is 8.24. The summed E-state index contributed by atoms with van der Waals surface area (Å²) in [5, 5.41) is 6.28. The van der Waals surface area contributed by atoms with Crippen LogP contribution in [0.3, 0.4) is 0 Å². The molecule has 0 saturated carbocycles. The Labute approximate surface area is 176 Å². The maximum Gasteiger partial charge on any atom is 0.319 e. The van der Waals surface area contributed by atoms with Crippen molar-refractivity contribution < 1.29 is 18.3 Å². The number of alkyl halides is 2. The monoisotopic (exact) mass is 501 g/mol. The Morgan fingerprint density at radius 2 is 2.19 bits per heavy atom. The predicted molar refractivity (Wildman–Crippen MR) is 111 cm³/mol. The lowest BCUT2D eigenvalue weighted by atomic mass is 10.0. The molecule has 0 amide bonds. The topological polar surface area (TPSA) is 72.7 Å². The zero-order valence-electron chi connectivity index (χ0n) is 15.7. The van der Waals surface area contributed by atoms with Crippen LogP contribution >= 0.6 is 24.0 Å². The summed E-state index contributed by atoms with van der Waals surface area (Å²) in [5.74, 6) is 1.42. The van der Waals surface area contributed by atoms with Crippen LogP contribution in [-0.2, 0) is 16.0 Å². The fourth-order valence-electron chi connectivity index (χ4n) is 2.68. The van der Waals surface area contributed by atoms with Crippen molar-refractivity contribution in [1.82, 2.24) is 20.2 Å². The minimum absolute atomic E-state index is 0. The maximum absolute atomic E-state index is 12.8. The smallest absolute Gasteiger partial charge is 0.319 e. The van der Waals surface area contributed by atoms with Crippen molar-refractivity contribution in [3.05, 3.63) is 18.2 Å². The van der Waals surface area contributed by atoms with Gasteiger partial charge in [-0.15, -0.1) is 24.0 Å². The molecule has 0 aromatic carbocycles. The van der Waals surface area contributed by atoms with Gasteiger partial charge in [0.2, 0.25) is 0 Å². The average molecular weight is 501 g/mol. The van der Waals surface area contributed by atoms with E-state index >= 15 is 0 Å². The van der Waals surface area contributed by atoms with E-state index in [0.717, 1.165) is 43.7 Å². The lowest BCUT2D eigenvalue weighted by Gasteiger charge is -2.21. The number of aliphatic imine (C=N–C) groups is 1. The van der Waals surface area contributed by atoms with Crippen molar-refractivity contribution in [2.45, 2.75) is 39.3 Å². The van der Waals surface area contributed by atoms with E-state index in [0.29, 0.717) is 31.6 Å². The molecule has 27 heavy (non-hydrogen) atoms. The fraction of sp³-hybridized carbons (Fsp3) is 0.765. The molecule has 1 saturated heterocycles. The molecule has 156 valence electrons. The lowest BCUT2D eigenvalue weighted by Crippen LogP contribution is -2.38. The molecule has 2 N–H and O–H groups in total. The predicted octanol–water partition coefficient (Wildman–Crippen LogP) is 2.78. The van der Waals surface area contributed by atoms with Crippen LogP contribution in [0.5, 0.6) is 0 Å². The van der Waals surface area contributed by atoms with Crippen LogP contribution in [0.2, 0.25) is 0 Å². The largest absolute Gasteiger partial charge is 0.381 e. The number of guanidine groups is 1. The molecule has 0 atom stereocenters. The quantitative estimate of drug-likeness (QED) is 0.223. The molecular weight excluding hydrogens is 471 g/mol. The van der Waals surface area contributed by atoms with Crippen LogP contribution in [0, 0.1) is 5.92 Å². The standard InChI is InChI=1S/C17H29F2N5O2.HI/c1-2-20-17(23-12-15-21-7-8-24(15)16(18)19)22-6-3-9-26-13-14-4-10-25-11-5-14;/h7-8,14,16H,2-6,9-13H2,1H3,(H2,20,22,23);1H. The molecule has 1 aromatic rings. The fourth-order valence-corrected chi connectivity index (χ4v) is 2.68. The van der Waals surface area contributed by atoms with Crippen LogP contribution in [0.1, 0.15) is 38.6 Å². The normalized spacial score (nSPS) is 15.6. The van der Waals surface area contributed by atoms with Crippen LogP contribution < -0.4 is 10.6 Å². The third-order valence-electron chi connectivity index (χ3n) is 4.13. The Hall–Kier alpha value is -1.01. The number of nitrogens with one attached hydrogen (secondary N) is 2.